The van der Waals surface area contributed by atoms with Gasteiger partial charge in [0.15, 0.2) is 0 Å². The number of urea groups is 1. The highest BCUT2D eigenvalue weighted by Crippen LogP contribution is 2.25. The Morgan fingerprint density at radius 2 is 1.93 bits per heavy atom. The number of aryl methyl sites for hydroxylation is 2. The van der Waals surface area contributed by atoms with E-state index in [9.17, 15) is 4.79 Å². The van der Waals surface area contributed by atoms with E-state index in [-0.39, 0.29) is 6.03 Å². The summed E-state index contributed by atoms with van der Waals surface area (Å²) in [6.45, 7) is 6.97. The summed E-state index contributed by atoms with van der Waals surface area (Å²) in [4.78, 5) is 23.4. The molecule has 1 aliphatic heterocycles. The smallest absolute Gasteiger partial charge is 0.319 e. The minimum absolute atomic E-state index is 0.276. The van der Waals surface area contributed by atoms with Crippen LogP contribution in [-0.2, 0) is 0 Å². The number of anilines is 3. The number of ether oxygens (including phenoxy) is 1. The average Bonchev–Trinajstić information content (AvgIpc) is 3.20. The number of nitrogens with zero attached hydrogens (tertiary/aromatic N) is 3. The summed E-state index contributed by atoms with van der Waals surface area (Å²) in [7, 11) is 1.58. The third-order valence-electron chi connectivity index (χ3n) is 4.57. The maximum absolute atomic E-state index is 12.1. The number of methoxy groups -OCH3 is 1. The van der Waals surface area contributed by atoms with Gasteiger partial charge in [-0.15, -0.1) is 0 Å². The number of carbonyl (C=O) groups excluding carboxylic acids is 1. The molecule has 2 amide bonds. The Kier molecular flexibility index (Phi) is 6.52. The first-order chi connectivity index (χ1) is 13.5. The van der Waals surface area contributed by atoms with Crippen molar-refractivity contribution in [2.45, 2.75) is 26.7 Å². The van der Waals surface area contributed by atoms with E-state index in [0.717, 1.165) is 36.1 Å². The van der Waals surface area contributed by atoms with Crippen molar-refractivity contribution in [3.8, 4) is 5.75 Å². The van der Waals surface area contributed by atoms with Gasteiger partial charge in [0.05, 0.1) is 12.8 Å². The van der Waals surface area contributed by atoms with E-state index >= 15 is 0 Å². The maximum Gasteiger partial charge on any atom is 0.319 e. The number of aromatic nitrogens is 2. The van der Waals surface area contributed by atoms with Gasteiger partial charge in [0.1, 0.15) is 23.2 Å². The fourth-order valence-electron chi connectivity index (χ4n) is 3.20. The molecule has 1 saturated heterocycles. The molecule has 3 rings (SSSR count). The second-order valence-electron chi connectivity index (χ2n) is 6.86. The molecular weight excluding hydrogens is 356 g/mol. The van der Waals surface area contributed by atoms with Crippen molar-refractivity contribution in [2.75, 3.05) is 48.8 Å². The Balaban J connectivity index is 1.48. The van der Waals surface area contributed by atoms with Crippen LogP contribution < -0.4 is 25.6 Å². The van der Waals surface area contributed by atoms with Crippen LogP contribution in [0.2, 0.25) is 0 Å². The van der Waals surface area contributed by atoms with Crippen LogP contribution in [0.25, 0.3) is 0 Å². The molecule has 1 aromatic heterocycles. The molecule has 1 fully saturated rings. The summed E-state index contributed by atoms with van der Waals surface area (Å²) < 4.78 is 5.28. The topological polar surface area (TPSA) is 91.4 Å². The van der Waals surface area contributed by atoms with Gasteiger partial charge in [-0.25, -0.2) is 14.8 Å². The van der Waals surface area contributed by atoms with Crippen molar-refractivity contribution in [2.24, 2.45) is 0 Å². The van der Waals surface area contributed by atoms with Gasteiger partial charge in [-0.3, -0.25) is 0 Å². The molecule has 0 aliphatic carbocycles. The van der Waals surface area contributed by atoms with Crippen LogP contribution in [-0.4, -0.2) is 49.3 Å². The van der Waals surface area contributed by atoms with Crippen molar-refractivity contribution < 1.29 is 9.53 Å². The average molecular weight is 384 g/mol. The van der Waals surface area contributed by atoms with Gasteiger partial charge in [-0.1, -0.05) is 6.07 Å². The predicted octanol–water partition coefficient (Wildman–Crippen LogP) is 2.94. The van der Waals surface area contributed by atoms with Crippen molar-refractivity contribution >= 4 is 23.4 Å². The first kappa shape index (κ1) is 19.7. The van der Waals surface area contributed by atoms with Crippen LogP contribution in [0.4, 0.5) is 22.1 Å². The summed E-state index contributed by atoms with van der Waals surface area (Å²) in [5, 5.41) is 8.91. The molecule has 0 bridgehead atoms. The summed E-state index contributed by atoms with van der Waals surface area (Å²) in [6.07, 6.45) is 2.41. The van der Waals surface area contributed by atoms with E-state index in [2.05, 4.69) is 30.8 Å². The number of hydrogen-bond acceptors (Lipinski definition) is 6. The molecule has 2 heterocycles. The molecule has 28 heavy (non-hydrogen) atoms. The Bertz CT molecular complexity index is 820. The van der Waals surface area contributed by atoms with Crippen LogP contribution in [0.5, 0.6) is 5.75 Å². The SMILES string of the molecule is COc1ccc(C)cc1NC(=O)NCCNc1cc(N2CCCC2)nc(C)n1. The Hall–Kier alpha value is -3.03. The first-order valence-electron chi connectivity index (χ1n) is 9.59. The third-order valence-corrected chi connectivity index (χ3v) is 4.57. The summed E-state index contributed by atoms with van der Waals surface area (Å²) in [6, 6.07) is 7.34. The lowest BCUT2D eigenvalue weighted by Gasteiger charge is -2.18. The van der Waals surface area contributed by atoms with E-state index in [0.29, 0.717) is 24.5 Å². The lowest BCUT2D eigenvalue weighted by Crippen LogP contribution is -2.33. The Labute approximate surface area is 165 Å². The van der Waals surface area contributed by atoms with Gasteiger partial charge in [-0.2, -0.15) is 0 Å². The largest absolute Gasteiger partial charge is 0.495 e. The summed E-state index contributed by atoms with van der Waals surface area (Å²) in [5.41, 5.74) is 1.69. The van der Waals surface area contributed by atoms with E-state index in [1.54, 1.807) is 7.11 Å². The molecule has 150 valence electrons. The van der Waals surface area contributed by atoms with Crippen molar-refractivity contribution in [3.63, 3.8) is 0 Å². The zero-order chi connectivity index (χ0) is 19.9. The van der Waals surface area contributed by atoms with Crippen LogP contribution in [0.1, 0.15) is 24.2 Å². The lowest BCUT2D eigenvalue weighted by molar-refractivity contribution is 0.252. The van der Waals surface area contributed by atoms with Crippen LogP contribution in [0.15, 0.2) is 24.3 Å². The molecule has 8 heteroatoms. The van der Waals surface area contributed by atoms with Gasteiger partial charge >= 0.3 is 6.03 Å². The summed E-state index contributed by atoms with van der Waals surface area (Å²) >= 11 is 0. The molecule has 0 spiro atoms. The molecular formula is C20H28N6O2. The third kappa shape index (κ3) is 5.25. The highest BCUT2D eigenvalue weighted by atomic mass is 16.5. The molecule has 0 radical (unpaired) electrons. The molecule has 1 aromatic carbocycles. The molecule has 1 aliphatic rings. The predicted molar refractivity (Wildman–Crippen MR) is 111 cm³/mol. The molecule has 3 N–H and O–H groups in total. The van der Waals surface area contributed by atoms with E-state index in [4.69, 9.17) is 4.74 Å². The zero-order valence-corrected chi connectivity index (χ0v) is 16.7. The Morgan fingerprint density at radius 1 is 1.14 bits per heavy atom. The first-order valence-corrected chi connectivity index (χ1v) is 9.59. The number of benzene rings is 1. The van der Waals surface area contributed by atoms with Crippen LogP contribution >= 0.6 is 0 Å². The van der Waals surface area contributed by atoms with E-state index < -0.39 is 0 Å². The van der Waals surface area contributed by atoms with Gasteiger partial charge < -0.3 is 25.6 Å². The number of carbonyl (C=O) groups is 1. The minimum atomic E-state index is -0.276. The molecule has 2 aromatic rings. The number of hydrogen-bond donors (Lipinski definition) is 3. The highest BCUT2D eigenvalue weighted by molar-refractivity contribution is 5.91. The number of amides is 2. The quantitative estimate of drug-likeness (QED) is 0.636. The van der Waals surface area contributed by atoms with Crippen molar-refractivity contribution in [1.29, 1.82) is 0 Å². The standard InChI is InChI=1S/C20H28N6O2/c1-14-6-7-17(28-3)16(12-14)25-20(27)22-9-8-21-18-13-19(24-15(2)23-18)26-10-4-5-11-26/h6-7,12-13H,4-5,8-11H2,1-3H3,(H,21,23,24)(H2,22,25,27). The Morgan fingerprint density at radius 3 is 2.68 bits per heavy atom. The zero-order valence-electron chi connectivity index (χ0n) is 16.7. The molecule has 0 atom stereocenters. The summed E-state index contributed by atoms with van der Waals surface area (Å²) in [5.74, 6) is 3.11. The van der Waals surface area contributed by atoms with Crippen molar-refractivity contribution in [1.82, 2.24) is 15.3 Å². The van der Waals surface area contributed by atoms with Crippen LogP contribution in [0.3, 0.4) is 0 Å². The molecule has 0 saturated carbocycles. The van der Waals surface area contributed by atoms with E-state index in [1.807, 2.05) is 38.1 Å². The van der Waals surface area contributed by atoms with E-state index in [1.165, 1.54) is 12.8 Å². The van der Waals surface area contributed by atoms with Gasteiger partial charge in [0.2, 0.25) is 0 Å². The maximum atomic E-state index is 12.1. The van der Waals surface area contributed by atoms with Gasteiger partial charge in [0.25, 0.3) is 0 Å². The second-order valence-corrected chi connectivity index (χ2v) is 6.86. The second kappa shape index (κ2) is 9.25. The fraction of sp³-hybridized carbons (Fsp3) is 0.450. The van der Waals surface area contributed by atoms with Gasteiger partial charge in [0, 0.05) is 32.2 Å². The minimum Gasteiger partial charge on any atom is -0.495 e. The van der Waals surface area contributed by atoms with Crippen molar-refractivity contribution in [3.05, 3.63) is 35.7 Å². The number of rotatable bonds is 7. The van der Waals surface area contributed by atoms with Gasteiger partial charge in [-0.05, 0) is 44.4 Å². The molecule has 0 unspecified atom stereocenters. The molecule has 8 nitrogen and oxygen atoms in total. The highest BCUT2D eigenvalue weighted by Gasteiger charge is 2.15. The number of nitrogens with one attached hydrogen (secondary N) is 3. The lowest BCUT2D eigenvalue weighted by atomic mass is 10.2. The fourth-order valence-corrected chi connectivity index (χ4v) is 3.20. The monoisotopic (exact) mass is 384 g/mol. The normalized spacial score (nSPS) is 13.3. The van der Waals surface area contributed by atoms with Crippen LogP contribution in [0, 0.1) is 13.8 Å².